The zero-order valence-corrected chi connectivity index (χ0v) is 16.5. The Labute approximate surface area is 160 Å². The Morgan fingerprint density at radius 3 is 2.59 bits per heavy atom. The van der Waals surface area contributed by atoms with E-state index in [1.54, 1.807) is 7.11 Å². The fraction of sp³-hybridized carbons (Fsp3) is 0.600. The summed E-state index contributed by atoms with van der Waals surface area (Å²) >= 11 is 0. The van der Waals surface area contributed by atoms with Gasteiger partial charge in [-0.2, -0.15) is 0 Å². The van der Waals surface area contributed by atoms with E-state index >= 15 is 0 Å². The third kappa shape index (κ3) is 4.03. The molecule has 1 atom stereocenters. The topological polar surface area (TPSA) is 72.3 Å². The number of rotatable bonds is 7. The summed E-state index contributed by atoms with van der Waals surface area (Å²) in [5, 5.41) is 2.97. The highest BCUT2D eigenvalue weighted by atomic mass is 16.5. The smallest absolute Gasteiger partial charge is 0.329 e. The number of carbonyl (C=O) groups is 2. The maximum absolute atomic E-state index is 12.9. The van der Waals surface area contributed by atoms with Crippen LogP contribution in [0.2, 0.25) is 0 Å². The highest BCUT2D eigenvalue weighted by Crippen LogP contribution is 2.33. The molecule has 1 aliphatic heterocycles. The zero-order chi connectivity index (χ0) is 19.4. The minimum Gasteiger partial charge on any atom is -0.493 e. The van der Waals surface area contributed by atoms with Crippen LogP contribution in [-0.4, -0.2) is 49.8 Å². The van der Waals surface area contributed by atoms with Gasteiger partial charge in [0.2, 0.25) is 0 Å². The third-order valence-electron chi connectivity index (χ3n) is 5.41. The van der Waals surface area contributed by atoms with E-state index in [-0.39, 0.29) is 11.9 Å². The lowest BCUT2D eigenvalue weighted by Crippen LogP contribution is -3.09. The second-order valence-corrected chi connectivity index (χ2v) is 7.52. The highest BCUT2D eigenvalue weighted by Gasteiger charge is 2.52. The summed E-state index contributed by atoms with van der Waals surface area (Å²) in [6.07, 6.45) is 4.63. The average Bonchev–Trinajstić information content (AvgIpc) is 2.87. The minimum atomic E-state index is -0.655. The van der Waals surface area contributed by atoms with Crippen molar-refractivity contribution in [3.8, 4) is 11.5 Å². The predicted molar refractivity (Wildman–Crippen MR) is 101 cm³/mol. The van der Waals surface area contributed by atoms with E-state index in [2.05, 4.69) is 5.32 Å². The molecule has 1 saturated carbocycles. The van der Waals surface area contributed by atoms with Gasteiger partial charge in [0, 0.05) is 5.56 Å². The number of imide groups is 1. The van der Waals surface area contributed by atoms with Crippen LogP contribution in [0, 0.1) is 0 Å². The van der Waals surface area contributed by atoms with E-state index < -0.39 is 5.54 Å². The van der Waals surface area contributed by atoms with Gasteiger partial charge in [-0.1, -0.05) is 19.3 Å². The van der Waals surface area contributed by atoms with Crippen LogP contribution < -0.4 is 19.7 Å². The molecule has 3 rings (SSSR count). The second-order valence-electron chi connectivity index (χ2n) is 7.52. The number of benzene rings is 1. The van der Waals surface area contributed by atoms with Crippen LogP contribution in [0.25, 0.3) is 0 Å². The highest BCUT2D eigenvalue weighted by molar-refractivity contribution is 6.06. The van der Waals surface area contributed by atoms with E-state index in [9.17, 15) is 9.59 Å². The number of hydrogen-bond acceptors (Lipinski definition) is 4. The van der Waals surface area contributed by atoms with Gasteiger partial charge in [0.05, 0.1) is 20.8 Å². The van der Waals surface area contributed by atoms with Gasteiger partial charge in [0.25, 0.3) is 5.91 Å². The first-order valence-electron chi connectivity index (χ1n) is 9.74. The summed E-state index contributed by atoms with van der Waals surface area (Å²) in [5.41, 5.74) is 0.407. The van der Waals surface area contributed by atoms with Crippen LogP contribution in [0.3, 0.4) is 0 Å². The number of methoxy groups -OCH3 is 1. The molecule has 2 N–H and O–H groups in total. The molecule has 1 heterocycles. The SMILES string of the molecule is CCOc1ccc(C[NH+](C)CN2C(=O)NC3(CCCCC3)C2=O)cc1OC. The van der Waals surface area contributed by atoms with Crippen LogP contribution in [0.15, 0.2) is 18.2 Å². The van der Waals surface area contributed by atoms with Gasteiger partial charge < -0.3 is 19.7 Å². The molecule has 7 heteroatoms. The number of ether oxygens (including phenoxy) is 2. The van der Waals surface area contributed by atoms with Crippen molar-refractivity contribution in [2.75, 3.05) is 27.4 Å². The molecule has 1 saturated heterocycles. The number of nitrogens with one attached hydrogen (secondary N) is 2. The van der Waals surface area contributed by atoms with Crippen molar-refractivity contribution in [3.63, 3.8) is 0 Å². The molecule has 148 valence electrons. The molecule has 0 radical (unpaired) electrons. The summed E-state index contributed by atoms with van der Waals surface area (Å²) in [7, 11) is 3.60. The molecule has 1 aliphatic carbocycles. The largest absolute Gasteiger partial charge is 0.493 e. The molecular formula is C20H30N3O4+. The number of amides is 3. The molecular weight excluding hydrogens is 346 g/mol. The molecule has 7 nitrogen and oxygen atoms in total. The van der Waals surface area contributed by atoms with Crippen molar-refractivity contribution in [3.05, 3.63) is 23.8 Å². The fourth-order valence-electron chi connectivity index (χ4n) is 4.08. The summed E-state index contributed by atoms with van der Waals surface area (Å²) in [5.74, 6) is 1.35. The van der Waals surface area contributed by atoms with Gasteiger partial charge in [0.15, 0.2) is 18.2 Å². The standard InChI is InChI=1S/C20H29N3O4/c1-4-27-16-9-8-15(12-17(16)26-3)13-22(2)14-23-18(24)20(21-19(23)25)10-6-5-7-11-20/h8-9,12H,4-7,10-11,13-14H2,1-3H3,(H,21,25)/p+1. The summed E-state index contributed by atoms with van der Waals surface area (Å²) in [6, 6.07) is 5.58. The van der Waals surface area contributed by atoms with Gasteiger partial charge >= 0.3 is 6.03 Å². The van der Waals surface area contributed by atoms with E-state index in [1.807, 2.05) is 32.2 Å². The Morgan fingerprint density at radius 1 is 1.19 bits per heavy atom. The third-order valence-corrected chi connectivity index (χ3v) is 5.41. The first-order valence-corrected chi connectivity index (χ1v) is 9.74. The summed E-state index contributed by atoms with van der Waals surface area (Å²) < 4.78 is 10.9. The molecule has 0 bridgehead atoms. The lowest BCUT2D eigenvalue weighted by Gasteiger charge is -2.30. The van der Waals surface area contributed by atoms with Crippen molar-refractivity contribution in [1.29, 1.82) is 0 Å². The second kappa shape index (κ2) is 8.17. The first kappa shape index (κ1) is 19.5. The average molecular weight is 376 g/mol. The van der Waals surface area contributed by atoms with Gasteiger partial charge in [-0.05, 0) is 38.0 Å². The van der Waals surface area contributed by atoms with Crippen LogP contribution in [0.4, 0.5) is 4.79 Å². The number of carbonyl (C=O) groups excluding carboxylic acids is 2. The Morgan fingerprint density at radius 2 is 1.93 bits per heavy atom. The van der Waals surface area contributed by atoms with E-state index in [1.165, 1.54) is 4.90 Å². The van der Waals surface area contributed by atoms with Crippen LogP contribution in [0.5, 0.6) is 11.5 Å². The zero-order valence-electron chi connectivity index (χ0n) is 16.5. The molecule has 0 aromatic heterocycles. The van der Waals surface area contributed by atoms with Gasteiger partial charge in [-0.15, -0.1) is 0 Å². The van der Waals surface area contributed by atoms with Crippen LogP contribution in [-0.2, 0) is 11.3 Å². The van der Waals surface area contributed by atoms with Crippen molar-refractivity contribution < 1.29 is 24.0 Å². The molecule has 2 fully saturated rings. The number of hydrogen-bond donors (Lipinski definition) is 2. The predicted octanol–water partition coefficient (Wildman–Crippen LogP) is 1.32. The van der Waals surface area contributed by atoms with Crippen LogP contribution >= 0.6 is 0 Å². The van der Waals surface area contributed by atoms with Gasteiger partial charge in [0.1, 0.15) is 12.1 Å². The minimum absolute atomic E-state index is 0.0594. The lowest BCUT2D eigenvalue weighted by molar-refractivity contribution is -0.901. The molecule has 3 amide bonds. The van der Waals surface area contributed by atoms with Gasteiger partial charge in [-0.3, -0.25) is 4.79 Å². The Balaban J connectivity index is 1.64. The lowest BCUT2D eigenvalue weighted by atomic mass is 9.82. The Bertz CT molecular complexity index is 700. The molecule has 1 aromatic rings. The Kier molecular flexibility index (Phi) is 5.89. The quantitative estimate of drug-likeness (QED) is 0.704. The first-order chi connectivity index (χ1) is 13.0. The van der Waals surface area contributed by atoms with Crippen molar-refractivity contribution in [2.45, 2.75) is 51.1 Å². The molecule has 1 aromatic carbocycles. The molecule has 1 spiro atoms. The van der Waals surface area contributed by atoms with Crippen molar-refractivity contribution >= 4 is 11.9 Å². The molecule has 1 unspecified atom stereocenters. The molecule has 2 aliphatic rings. The van der Waals surface area contributed by atoms with Crippen molar-refractivity contribution in [2.24, 2.45) is 0 Å². The Hall–Kier alpha value is -2.28. The van der Waals surface area contributed by atoms with Crippen LogP contribution in [0.1, 0.15) is 44.6 Å². The number of nitrogens with zero attached hydrogens (tertiary/aromatic N) is 1. The monoisotopic (exact) mass is 376 g/mol. The number of urea groups is 1. The summed E-state index contributed by atoms with van der Waals surface area (Å²) in [4.78, 5) is 27.7. The number of quaternary nitrogens is 1. The van der Waals surface area contributed by atoms with E-state index in [0.29, 0.717) is 25.6 Å². The maximum Gasteiger partial charge on any atom is 0.329 e. The van der Waals surface area contributed by atoms with Gasteiger partial charge in [-0.25, -0.2) is 9.69 Å². The fourth-order valence-corrected chi connectivity index (χ4v) is 4.08. The summed E-state index contributed by atoms with van der Waals surface area (Å²) in [6.45, 7) is 3.53. The van der Waals surface area contributed by atoms with Crippen molar-refractivity contribution in [1.82, 2.24) is 10.2 Å². The maximum atomic E-state index is 12.9. The van der Waals surface area contributed by atoms with E-state index in [4.69, 9.17) is 9.47 Å². The normalized spacial score (nSPS) is 19.9. The molecule has 27 heavy (non-hydrogen) atoms. The van der Waals surface area contributed by atoms with E-state index in [0.717, 1.165) is 48.3 Å².